The second kappa shape index (κ2) is 5.69. The van der Waals surface area contributed by atoms with Crippen molar-refractivity contribution in [2.45, 2.75) is 38.3 Å². The van der Waals surface area contributed by atoms with Gasteiger partial charge in [0, 0.05) is 24.2 Å². The lowest BCUT2D eigenvalue weighted by Gasteiger charge is -2.10. The van der Waals surface area contributed by atoms with Crippen LogP contribution in [0.25, 0.3) is 10.9 Å². The van der Waals surface area contributed by atoms with E-state index in [1.54, 1.807) is 10.8 Å². The SMILES string of the molecule is FC(F)(F)COCn1ccc2c(CNC3CC3)cccc21. The number of aromatic nitrogens is 1. The van der Waals surface area contributed by atoms with E-state index < -0.39 is 12.8 Å². The molecule has 0 atom stereocenters. The summed E-state index contributed by atoms with van der Waals surface area (Å²) in [7, 11) is 0. The summed E-state index contributed by atoms with van der Waals surface area (Å²) >= 11 is 0. The molecular formula is C15H17F3N2O. The minimum Gasteiger partial charge on any atom is -0.351 e. The molecule has 3 rings (SSSR count). The summed E-state index contributed by atoms with van der Waals surface area (Å²) in [6, 6.07) is 8.41. The van der Waals surface area contributed by atoms with Crippen LogP contribution in [0.5, 0.6) is 0 Å². The monoisotopic (exact) mass is 298 g/mol. The minimum atomic E-state index is -4.29. The van der Waals surface area contributed by atoms with Gasteiger partial charge < -0.3 is 14.6 Å². The normalized spacial score (nSPS) is 15.8. The highest BCUT2D eigenvalue weighted by atomic mass is 19.4. The Morgan fingerprint density at radius 2 is 2.05 bits per heavy atom. The van der Waals surface area contributed by atoms with Crippen molar-refractivity contribution in [2.75, 3.05) is 6.61 Å². The van der Waals surface area contributed by atoms with E-state index >= 15 is 0 Å². The predicted octanol–water partition coefficient (Wildman–Crippen LogP) is 3.43. The summed E-state index contributed by atoms with van der Waals surface area (Å²) in [6.45, 7) is -0.534. The van der Waals surface area contributed by atoms with E-state index in [1.807, 2.05) is 24.3 Å². The van der Waals surface area contributed by atoms with E-state index in [2.05, 4.69) is 5.32 Å². The predicted molar refractivity (Wildman–Crippen MR) is 73.8 cm³/mol. The van der Waals surface area contributed by atoms with Gasteiger partial charge in [-0.2, -0.15) is 13.2 Å². The van der Waals surface area contributed by atoms with Crippen molar-refractivity contribution >= 4 is 10.9 Å². The molecule has 1 aromatic heterocycles. The fraction of sp³-hybridized carbons (Fsp3) is 0.467. The Bertz CT molecular complexity index is 617. The molecule has 3 nitrogen and oxygen atoms in total. The maximum atomic E-state index is 12.1. The Hall–Kier alpha value is -1.53. The Kier molecular flexibility index (Phi) is 3.91. The molecule has 0 radical (unpaired) electrons. The van der Waals surface area contributed by atoms with Crippen LogP contribution in [0.4, 0.5) is 13.2 Å². The molecule has 114 valence electrons. The van der Waals surface area contributed by atoms with Gasteiger partial charge in [-0.1, -0.05) is 12.1 Å². The quantitative estimate of drug-likeness (QED) is 0.884. The zero-order valence-electron chi connectivity index (χ0n) is 11.5. The number of halogens is 3. The summed E-state index contributed by atoms with van der Waals surface area (Å²) in [4.78, 5) is 0. The second-order valence-electron chi connectivity index (χ2n) is 5.38. The van der Waals surface area contributed by atoms with Crippen LogP contribution in [0.2, 0.25) is 0 Å². The molecule has 0 aliphatic heterocycles. The maximum absolute atomic E-state index is 12.1. The number of nitrogens with one attached hydrogen (secondary N) is 1. The van der Waals surface area contributed by atoms with E-state index in [1.165, 1.54) is 12.8 Å². The van der Waals surface area contributed by atoms with Crippen molar-refractivity contribution in [1.82, 2.24) is 9.88 Å². The van der Waals surface area contributed by atoms with E-state index in [0.29, 0.717) is 6.04 Å². The smallest absolute Gasteiger partial charge is 0.351 e. The van der Waals surface area contributed by atoms with Gasteiger partial charge in [0.15, 0.2) is 0 Å². The summed E-state index contributed by atoms with van der Waals surface area (Å²) in [5.41, 5.74) is 2.06. The van der Waals surface area contributed by atoms with Crippen LogP contribution >= 0.6 is 0 Å². The minimum absolute atomic E-state index is 0.0947. The van der Waals surface area contributed by atoms with Gasteiger partial charge in [0.2, 0.25) is 0 Å². The average molecular weight is 298 g/mol. The van der Waals surface area contributed by atoms with Crippen molar-refractivity contribution < 1.29 is 17.9 Å². The molecule has 2 aromatic rings. The van der Waals surface area contributed by atoms with Gasteiger partial charge in [-0.25, -0.2) is 0 Å². The van der Waals surface area contributed by atoms with Crippen LogP contribution in [-0.4, -0.2) is 23.4 Å². The molecule has 1 N–H and O–H groups in total. The molecule has 1 fully saturated rings. The van der Waals surface area contributed by atoms with Crippen LogP contribution in [0, 0.1) is 0 Å². The first-order valence-corrected chi connectivity index (χ1v) is 6.97. The summed E-state index contributed by atoms with van der Waals surface area (Å²) in [5.74, 6) is 0. The highest BCUT2D eigenvalue weighted by molar-refractivity contribution is 5.83. The van der Waals surface area contributed by atoms with E-state index in [0.717, 1.165) is 23.0 Å². The zero-order chi connectivity index (χ0) is 14.9. The highest BCUT2D eigenvalue weighted by Gasteiger charge is 2.27. The number of nitrogens with zero attached hydrogens (tertiary/aromatic N) is 1. The van der Waals surface area contributed by atoms with Crippen LogP contribution in [-0.2, 0) is 18.0 Å². The second-order valence-corrected chi connectivity index (χ2v) is 5.38. The molecule has 21 heavy (non-hydrogen) atoms. The number of ether oxygens (including phenoxy) is 1. The van der Waals surface area contributed by atoms with Crippen LogP contribution in [0.3, 0.4) is 0 Å². The Balaban J connectivity index is 1.70. The van der Waals surface area contributed by atoms with Gasteiger partial charge in [-0.05, 0) is 30.5 Å². The fourth-order valence-corrected chi connectivity index (χ4v) is 2.36. The third-order valence-corrected chi connectivity index (χ3v) is 3.56. The van der Waals surface area contributed by atoms with Gasteiger partial charge >= 0.3 is 6.18 Å². The summed E-state index contributed by atoms with van der Waals surface area (Å²) < 4.78 is 42.7. The molecule has 6 heteroatoms. The van der Waals surface area contributed by atoms with E-state index in [-0.39, 0.29) is 6.73 Å². The van der Waals surface area contributed by atoms with Crippen molar-refractivity contribution in [3.8, 4) is 0 Å². The summed E-state index contributed by atoms with van der Waals surface area (Å²) in [5, 5.41) is 4.50. The lowest BCUT2D eigenvalue weighted by atomic mass is 10.1. The van der Waals surface area contributed by atoms with Crippen molar-refractivity contribution in [2.24, 2.45) is 0 Å². The molecule has 0 unspecified atom stereocenters. The number of hydrogen-bond donors (Lipinski definition) is 1. The summed E-state index contributed by atoms with van der Waals surface area (Å²) in [6.07, 6.45) is -0.0749. The first kappa shape index (κ1) is 14.4. The number of hydrogen-bond acceptors (Lipinski definition) is 2. The van der Waals surface area contributed by atoms with Crippen molar-refractivity contribution in [3.63, 3.8) is 0 Å². The van der Waals surface area contributed by atoms with Gasteiger partial charge in [-0.3, -0.25) is 0 Å². The largest absolute Gasteiger partial charge is 0.411 e. The van der Waals surface area contributed by atoms with Gasteiger partial charge in [-0.15, -0.1) is 0 Å². The van der Waals surface area contributed by atoms with Crippen molar-refractivity contribution in [3.05, 3.63) is 36.0 Å². The lowest BCUT2D eigenvalue weighted by molar-refractivity contribution is -0.181. The molecule has 1 aliphatic rings. The van der Waals surface area contributed by atoms with Crippen LogP contribution < -0.4 is 5.32 Å². The average Bonchev–Trinajstić information content (AvgIpc) is 3.16. The van der Waals surface area contributed by atoms with Crippen LogP contribution in [0.1, 0.15) is 18.4 Å². The zero-order valence-corrected chi connectivity index (χ0v) is 11.5. The first-order chi connectivity index (χ1) is 10.0. The molecule has 0 amide bonds. The van der Waals surface area contributed by atoms with E-state index in [4.69, 9.17) is 4.74 Å². The molecule has 1 saturated carbocycles. The van der Waals surface area contributed by atoms with Gasteiger partial charge in [0.05, 0.1) is 5.52 Å². The molecule has 0 saturated heterocycles. The highest BCUT2D eigenvalue weighted by Crippen LogP contribution is 2.23. The molecular weight excluding hydrogens is 281 g/mol. The van der Waals surface area contributed by atoms with Crippen molar-refractivity contribution in [1.29, 1.82) is 0 Å². The first-order valence-electron chi connectivity index (χ1n) is 6.97. The molecule has 1 aromatic carbocycles. The third-order valence-electron chi connectivity index (χ3n) is 3.56. The number of fused-ring (bicyclic) bond motifs is 1. The molecule has 0 spiro atoms. The lowest BCUT2D eigenvalue weighted by Crippen LogP contribution is -2.18. The topological polar surface area (TPSA) is 26.2 Å². The molecule has 0 bridgehead atoms. The van der Waals surface area contributed by atoms with Gasteiger partial charge in [0.25, 0.3) is 0 Å². The Morgan fingerprint density at radius 3 is 2.76 bits per heavy atom. The standard InChI is InChI=1S/C15H17F3N2O/c16-15(17,18)9-21-10-20-7-6-13-11(2-1-3-14(13)20)8-19-12-4-5-12/h1-3,6-7,12,19H,4-5,8-10H2. The van der Waals surface area contributed by atoms with E-state index in [9.17, 15) is 13.2 Å². The fourth-order valence-electron chi connectivity index (χ4n) is 2.36. The Labute approximate surface area is 120 Å². The van der Waals surface area contributed by atoms with Crippen LogP contribution in [0.15, 0.2) is 30.5 Å². The van der Waals surface area contributed by atoms with Gasteiger partial charge in [0.1, 0.15) is 13.3 Å². The number of benzene rings is 1. The maximum Gasteiger partial charge on any atom is 0.411 e. The number of alkyl halides is 3. The molecule has 1 aliphatic carbocycles. The third kappa shape index (κ3) is 3.77. The molecule has 1 heterocycles. The Morgan fingerprint density at radius 1 is 1.24 bits per heavy atom. The number of rotatable bonds is 6.